The maximum Gasteiger partial charge on any atom is 0.191 e. The lowest BCUT2D eigenvalue weighted by Gasteiger charge is -2.45. The molecular weight excluding hydrogens is 346 g/mol. The molecule has 0 unspecified atom stereocenters. The van der Waals surface area contributed by atoms with Crippen molar-refractivity contribution < 1.29 is 0 Å². The molecule has 1 aliphatic carbocycles. The average molecular weight is 364 g/mol. The van der Waals surface area contributed by atoms with Crippen LogP contribution in [0.4, 0.5) is 0 Å². The molecule has 1 aromatic rings. The second-order valence-corrected chi connectivity index (χ2v) is 7.02. The summed E-state index contributed by atoms with van der Waals surface area (Å²) in [5, 5.41) is 30.2. The Hall–Kier alpha value is -2.78. The molecule has 2 atom stereocenters. The highest BCUT2D eigenvalue weighted by molar-refractivity contribution is 6.30. The van der Waals surface area contributed by atoms with Crippen LogP contribution in [-0.2, 0) is 0 Å². The predicted octanol–water partition coefficient (Wildman–Crippen LogP) is 3.09. The molecule has 1 aromatic carbocycles. The Labute approximate surface area is 158 Å². The molecule has 0 radical (unpaired) electrons. The molecule has 0 saturated heterocycles. The average Bonchev–Trinajstić information content (AvgIpc) is 2.66. The van der Waals surface area contributed by atoms with E-state index in [0.29, 0.717) is 11.6 Å². The number of likely N-dealkylation sites (N-methyl/N-ethyl adjacent to an activating group) is 1. The van der Waals surface area contributed by atoms with Gasteiger partial charge >= 0.3 is 0 Å². The van der Waals surface area contributed by atoms with E-state index in [1.165, 1.54) is 0 Å². The number of benzene rings is 1. The number of fused-ring (bicyclic) bond motifs is 1. The third kappa shape index (κ3) is 2.56. The van der Waals surface area contributed by atoms with Crippen molar-refractivity contribution >= 4 is 11.6 Å². The summed E-state index contributed by atoms with van der Waals surface area (Å²) in [7, 11) is 0. The fourth-order valence-electron chi connectivity index (χ4n) is 4.07. The van der Waals surface area contributed by atoms with Gasteiger partial charge in [0.2, 0.25) is 0 Å². The zero-order chi connectivity index (χ0) is 18.9. The third-order valence-corrected chi connectivity index (χ3v) is 5.63. The van der Waals surface area contributed by atoms with Crippen molar-refractivity contribution in [1.29, 1.82) is 15.8 Å². The smallest absolute Gasteiger partial charge is 0.191 e. The lowest BCUT2D eigenvalue weighted by molar-refractivity contribution is 0.214. The third-order valence-electron chi connectivity index (χ3n) is 5.40. The predicted molar refractivity (Wildman–Crippen MR) is 98.4 cm³/mol. The van der Waals surface area contributed by atoms with E-state index in [1.807, 2.05) is 12.1 Å². The Kier molecular flexibility index (Phi) is 4.75. The van der Waals surface area contributed by atoms with Crippen molar-refractivity contribution in [3.8, 4) is 18.2 Å². The number of hydrogen-bond acceptors (Lipinski definition) is 5. The molecule has 2 aliphatic rings. The summed E-state index contributed by atoms with van der Waals surface area (Å²) < 4.78 is 0. The molecule has 0 bridgehead atoms. The Morgan fingerprint density at radius 3 is 2.62 bits per heavy atom. The number of allylic oxidation sites excluding steroid dienone is 2. The van der Waals surface area contributed by atoms with Crippen molar-refractivity contribution in [2.45, 2.75) is 12.8 Å². The van der Waals surface area contributed by atoms with Gasteiger partial charge in [0.15, 0.2) is 5.41 Å². The molecular formula is C20H18ClN5. The van der Waals surface area contributed by atoms with Gasteiger partial charge in [0.05, 0.1) is 23.4 Å². The van der Waals surface area contributed by atoms with Crippen LogP contribution < -0.4 is 5.73 Å². The maximum atomic E-state index is 9.98. The fourth-order valence-corrected chi connectivity index (χ4v) is 4.27. The van der Waals surface area contributed by atoms with Crippen LogP contribution in [0.5, 0.6) is 0 Å². The van der Waals surface area contributed by atoms with Crippen molar-refractivity contribution in [3.05, 3.63) is 57.8 Å². The summed E-state index contributed by atoms with van der Waals surface area (Å²) in [6.07, 6.45) is 2.00. The van der Waals surface area contributed by atoms with Gasteiger partial charge in [0, 0.05) is 29.9 Å². The van der Waals surface area contributed by atoms with Crippen LogP contribution in [0.3, 0.4) is 0 Å². The molecule has 0 amide bonds. The molecule has 2 N–H and O–H groups in total. The van der Waals surface area contributed by atoms with Gasteiger partial charge in [-0.3, -0.25) is 4.90 Å². The highest BCUT2D eigenvalue weighted by atomic mass is 35.5. The number of nitrogens with two attached hydrogens (primary N) is 1. The summed E-state index contributed by atoms with van der Waals surface area (Å²) in [6.45, 7) is 4.28. The van der Waals surface area contributed by atoms with Crippen molar-refractivity contribution in [2.75, 3.05) is 19.6 Å². The molecule has 6 heteroatoms. The van der Waals surface area contributed by atoms with E-state index >= 15 is 0 Å². The van der Waals surface area contributed by atoms with Gasteiger partial charge in [-0.05, 0) is 29.8 Å². The summed E-state index contributed by atoms with van der Waals surface area (Å²) in [6, 6.07) is 13.6. The van der Waals surface area contributed by atoms with Gasteiger partial charge in [-0.15, -0.1) is 0 Å². The first-order valence-corrected chi connectivity index (χ1v) is 8.81. The molecule has 130 valence electrons. The second kappa shape index (κ2) is 6.85. The summed E-state index contributed by atoms with van der Waals surface area (Å²) >= 11 is 6.18. The van der Waals surface area contributed by atoms with E-state index in [-0.39, 0.29) is 17.2 Å². The van der Waals surface area contributed by atoms with Gasteiger partial charge in [-0.25, -0.2) is 0 Å². The Morgan fingerprint density at radius 1 is 1.31 bits per heavy atom. The zero-order valence-electron chi connectivity index (χ0n) is 14.4. The van der Waals surface area contributed by atoms with Gasteiger partial charge in [0.25, 0.3) is 0 Å². The van der Waals surface area contributed by atoms with Gasteiger partial charge < -0.3 is 5.73 Å². The van der Waals surface area contributed by atoms with E-state index in [0.717, 1.165) is 24.2 Å². The zero-order valence-corrected chi connectivity index (χ0v) is 15.2. The van der Waals surface area contributed by atoms with Crippen molar-refractivity contribution in [2.24, 2.45) is 17.1 Å². The van der Waals surface area contributed by atoms with Crippen LogP contribution in [0.2, 0.25) is 5.02 Å². The van der Waals surface area contributed by atoms with Gasteiger partial charge in [-0.2, -0.15) is 15.8 Å². The van der Waals surface area contributed by atoms with Gasteiger partial charge in [0.1, 0.15) is 6.07 Å². The molecule has 5 nitrogen and oxygen atoms in total. The molecule has 1 heterocycles. The number of rotatable bonds is 2. The van der Waals surface area contributed by atoms with Crippen LogP contribution >= 0.6 is 11.6 Å². The molecule has 1 aliphatic heterocycles. The van der Waals surface area contributed by atoms with Crippen molar-refractivity contribution in [1.82, 2.24) is 4.90 Å². The number of nitrogens with zero attached hydrogens (tertiary/aromatic N) is 4. The first-order chi connectivity index (χ1) is 12.5. The second-order valence-electron chi connectivity index (χ2n) is 6.58. The van der Waals surface area contributed by atoms with Crippen LogP contribution in [0.25, 0.3) is 0 Å². The minimum atomic E-state index is -1.60. The van der Waals surface area contributed by atoms with Crippen LogP contribution in [0.1, 0.15) is 18.4 Å². The fraction of sp³-hybridized carbons (Fsp3) is 0.350. The van der Waals surface area contributed by atoms with Crippen molar-refractivity contribution in [3.63, 3.8) is 0 Å². The minimum Gasteiger partial charge on any atom is -0.399 e. The Balaban J connectivity index is 2.32. The van der Waals surface area contributed by atoms with E-state index in [4.69, 9.17) is 17.3 Å². The van der Waals surface area contributed by atoms with Gasteiger partial charge in [-0.1, -0.05) is 36.7 Å². The Bertz CT molecular complexity index is 911. The molecule has 0 fully saturated rings. The monoisotopic (exact) mass is 363 g/mol. The van der Waals surface area contributed by atoms with Crippen LogP contribution in [-0.4, -0.2) is 24.5 Å². The van der Waals surface area contributed by atoms with Crippen LogP contribution in [0, 0.1) is 45.3 Å². The normalized spacial score (nSPS) is 24.7. The Morgan fingerprint density at radius 2 is 2.04 bits per heavy atom. The van der Waals surface area contributed by atoms with E-state index in [1.54, 1.807) is 18.2 Å². The SMILES string of the molecule is CCN1CC=C2C(C#N)=C(N)C(C#N)(C#N)[C@H](c3cccc(Cl)c3)[C@H]2C1. The first-order valence-electron chi connectivity index (χ1n) is 8.43. The van der Waals surface area contributed by atoms with E-state index < -0.39 is 11.3 Å². The number of halogens is 1. The maximum absolute atomic E-state index is 9.98. The first kappa shape index (κ1) is 18.0. The molecule has 0 aromatic heterocycles. The number of nitriles is 3. The minimum absolute atomic E-state index is 0.0439. The topological polar surface area (TPSA) is 101 Å². The van der Waals surface area contributed by atoms with E-state index in [9.17, 15) is 15.8 Å². The lowest BCUT2D eigenvalue weighted by atomic mass is 9.58. The van der Waals surface area contributed by atoms with E-state index in [2.05, 4.69) is 30.0 Å². The quantitative estimate of drug-likeness (QED) is 0.870. The highest BCUT2D eigenvalue weighted by Crippen LogP contribution is 2.54. The largest absolute Gasteiger partial charge is 0.399 e. The summed E-state index contributed by atoms with van der Waals surface area (Å²) in [5.41, 5.74) is 6.59. The molecule has 0 saturated carbocycles. The molecule has 26 heavy (non-hydrogen) atoms. The number of hydrogen-bond donors (Lipinski definition) is 1. The summed E-state index contributed by atoms with van der Waals surface area (Å²) in [4.78, 5) is 2.22. The summed E-state index contributed by atoms with van der Waals surface area (Å²) in [5.74, 6) is -0.669. The molecule has 0 spiro atoms. The molecule has 3 rings (SSSR count). The highest BCUT2D eigenvalue weighted by Gasteiger charge is 2.54. The lowest BCUT2D eigenvalue weighted by Crippen LogP contribution is -2.48. The standard InChI is InChI=1S/C20H18ClN5/c1-2-26-7-6-15-16(9-22)19(25)20(11-23,12-24)18(17(15)10-26)13-4-3-5-14(21)8-13/h3-6,8,17-18H,2,7,10,25H2,1H3/t17-,18+/m0/s1. The van der Waals surface area contributed by atoms with Crippen LogP contribution in [0.15, 0.2) is 47.2 Å².